The maximum atomic E-state index is 12.9. The Balaban J connectivity index is 1.85. The predicted octanol–water partition coefficient (Wildman–Crippen LogP) is 2.89. The molecule has 21 heavy (non-hydrogen) atoms. The van der Waals surface area contributed by atoms with Gasteiger partial charge in [-0.05, 0) is 36.6 Å². The summed E-state index contributed by atoms with van der Waals surface area (Å²) in [6.45, 7) is 0.673. The molecule has 1 aliphatic heterocycles. The van der Waals surface area contributed by atoms with Gasteiger partial charge in [-0.15, -0.1) is 0 Å². The molecule has 0 radical (unpaired) electrons. The van der Waals surface area contributed by atoms with Crippen molar-refractivity contribution in [1.29, 1.82) is 0 Å². The zero-order valence-corrected chi connectivity index (χ0v) is 11.5. The van der Waals surface area contributed by atoms with Crippen molar-refractivity contribution in [2.45, 2.75) is 12.8 Å². The lowest BCUT2D eigenvalue weighted by molar-refractivity contribution is 0.103. The van der Waals surface area contributed by atoms with Gasteiger partial charge in [0, 0.05) is 6.20 Å². The first kappa shape index (κ1) is 12.1. The number of hydrogen-bond acceptors (Lipinski definition) is 3. The minimum absolute atomic E-state index is 0.0325. The topological polar surface area (TPSA) is 43.6 Å². The third kappa shape index (κ3) is 1.91. The number of para-hydroxylation sites is 1. The normalized spacial score (nSPS) is 13.7. The molecule has 0 saturated carbocycles. The third-order valence-corrected chi connectivity index (χ3v) is 3.85. The number of nitrogens with zero attached hydrogens (tertiary/aromatic N) is 2. The van der Waals surface area contributed by atoms with Gasteiger partial charge in [0.05, 0.1) is 29.4 Å². The summed E-state index contributed by atoms with van der Waals surface area (Å²) >= 11 is 0. The standard InChI is InChI=1S/C17H14N2O2/c20-16(14-11-18-19-9-2-1-8-15(14)19)13-7-3-5-12-6-4-10-21-17(12)13/h1-3,5,7-9,11H,4,6,10H2. The summed E-state index contributed by atoms with van der Waals surface area (Å²) in [5.74, 6) is 0.707. The Labute approximate surface area is 122 Å². The van der Waals surface area contributed by atoms with E-state index in [1.54, 1.807) is 10.7 Å². The molecule has 0 N–H and O–H groups in total. The van der Waals surface area contributed by atoms with Crippen LogP contribution >= 0.6 is 0 Å². The maximum absolute atomic E-state index is 12.9. The first-order valence-electron chi connectivity index (χ1n) is 7.06. The zero-order chi connectivity index (χ0) is 14.2. The van der Waals surface area contributed by atoms with E-state index in [2.05, 4.69) is 5.10 Å². The molecule has 1 aromatic carbocycles. The van der Waals surface area contributed by atoms with Crippen LogP contribution in [-0.4, -0.2) is 22.0 Å². The number of carbonyl (C=O) groups is 1. The molecule has 0 amide bonds. The van der Waals surface area contributed by atoms with E-state index in [1.807, 2.05) is 42.6 Å². The number of rotatable bonds is 2. The Morgan fingerprint density at radius 2 is 2.10 bits per heavy atom. The average molecular weight is 278 g/mol. The highest BCUT2D eigenvalue weighted by molar-refractivity contribution is 6.14. The fourth-order valence-corrected chi connectivity index (χ4v) is 2.82. The van der Waals surface area contributed by atoms with Crippen LogP contribution < -0.4 is 4.74 Å². The van der Waals surface area contributed by atoms with E-state index in [0.29, 0.717) is 17.7 Å². The lowest BCUT2D eigenvalue weighted by Crippen LogP contribution is -2.13. The van der Waals surface area contributed by atoms with E-state index in [4.69, 9.17) is 4.74 Å². The Morgan fingerprint density at radius 3 is 3.05 bits per heavy atom. The molecule has 0 atom stereocenters. The maximum Gasteiger partial charge on any atom is 0.200 e. The van der Waals surface area contributed by atoms with Gasteiger partial charge < -0.3 is 4.74 Å². The van der Waals surface area contributed by atoms with E-state index < -0.39 is 0 Å². The van der Waals surface area contributed by atoms with Crippen LogP contribution in [0.25, 0.3) is 5.52 Å². The zero-order valence-electron chi connectivity index (χ0n) is 11.5. The van der Waals surface area contributed by atoms with Crippen LogP contribution in [0.2, 0.25) is 0 Å². The second-order valence-electron chi connectivity index (χ2n) is 5.16. The van der Waals surface area contributed by atoms with Gasteiger partial charge in [-0.2, -0.15) is 5.10 Å². The Kier molecular flexibility index (Phi) is 2.74. The molecule has 0 spiro atoms. The SMILES string of the molecule is O=C(c1cccc2c1OCCC2)c1cnn2ccccc12. The third-order valence-electron chi connectivity index (χ3n) is 3.85. The van der Waals surface area contributed by atoms with Crippen LogP contribution in [0.3, 0.4) is 0 Å². The van der Waals surface area contributed by atoms with Gasteiger partial charge in [-0.3, -0.25) is 4.79 Å². The van der Waals surface area contributed by atoms with Gasteiger partial charge in [0.2, 0.25) is 5.78 Å². The molecule has 0 aliphatic carbocycles. The molecule has 4 rings (SSSR count). The van der Waals surface area contributed by atoms with Crippen molar-refractivity contribution >= 4 is 11.3 Å². The van der Waals surface area contributed by atoms with E-state index in [0.717, 1.165) is 29.7 Å². The monoisotopic (exact) mass is 278 g/mol. The number of aryl methyl sites for hydroxylation is 1. The van der Waals surface area contributed by atoms with Gasteiger partial charge in [0.1, 0.15) is 5.75 Å². The number of benzene rings is 1. The molecule has 104 valence electrons. The number of pyridine rings is 1. The molecule has 3 aromatic rings. The van der Waals surface area contributed by atoms with Crippen molar-refractivity contribution in [3.8, 4) is 5.75 Å². The lowest BCUT2D eigenvalue weighted by atomic mass is 9.97. The molecule has 4 nitrogen and oxygen atoms in total. The smallest absolute Gasteiger partial charge is 0.200 e. The first-order chi connectivity index (χ1) is 10.3. The molecule has 0 saturated heterocycles. The van der Waals surface area contributed by atoms with Crippen molar-refractivity contribution in [2.24, 2.45) is 0 Å². The summed E-state index contributed by atoms with van der Waals surface area (Å²) < 4.78 is 7.45. The minimum atomic E-state index is -0.0325. The van der Waals surface area contributed by atoms with E-state index in [1.165, 1.54) is 0 Å². The molecule has 3 heterocycles. The number of carbonyl (C=O) groups excluding carboxylic acids is 1. The van der Waals surface area contributed by atoms with Gasteiger partial charge in [0.25, 0.3) is 0 Å². The van der Waals surface area contributed by atoms with Crippen molar-refractivity contribution in [3.05, 3.63) is 65.5 Å². The van der Waals surface area contributed by atoms with E-state index in [9.17, 15) is 4.79 Å². The average Bonchev–Trinajstić information content (AvgIpc) is 2.98. The second kappa shape index (κ2) is 4.74. The summed E-state index contributed by atoms with van der Waals surface area (Å²) in [6, 6.07) is 11.5. The minimum Gasteiger partial charge on any atom is -0.493 e. The highest BCUT2D eigenvalue weighted by Gasteiger charge is 2.22. The van der Waals surface area contributed by atoms with Crippen LogP contribution in [0, 0.1) is 0 Å². The van der Waals surface area contributed by atoms with Gasteiger partial charge >= 0.3 is 0 Å². The van der Waals surface area contributed by atoms with Crippen LogP contribution in [-0.2, 0) is 6.42 Å². The van der Waals surface area contributed by atoms with Gasteiger partial charge in [0.15, 0.2) is 0 Å². The Bertz CT molecular complexity index is 836. The Morgan fingerprint density at radius 1 is 1.14 bits per heavy atom. The highest BCUT2D eigenvalue weighted by Crippen LogP contribution is 2.31. The fraction of sp³-hybridized carbons (Fsp3) is 0.176. The first-order valence-corrected chi connectivity index (χ1v) is 7.06. The lowest BCUT2D eigenvalue weighted by Gasteiger charge is -2.19. The van der Waals surface area contributed by atoms with Crippen molar-refractivity contribution in [1.82, 2.24) is 9.61 Å². The predicted molar refractivity (Wildman–Crippen MR) is 78.9 cm³/mol. The largest absolute Gasteiger partial charge is 0.493 e. The summed E-state index contributed by atoms with van der Waals surface area (Å²) in [5.41, 5.74) is 3.17. The van der Waals surface area contributed by atoms with Crippen LogP contribution in [0.1, 0.15) is 27.9 Å². The quantitative estimate of drug-likeness (QED) is 0.677. The van der Waals surface area contributed by atoms with Gasteiger partial charge in [-0.1, -0.05) is 18.2 Å². The van der Waals surface area contributed by atoms with E-state index in [-0.39, 0.29) is 5.78 Å². The van der Waals surface area contributed by atoms with Crippen LogP contribution in [0.15, 0.2) is 48.8 Å². The summed E-state index contributed by atoms with van der Waals surface area (Å²) in [5, 5.41) is 4.23. The Hall–Kier alpha value is -2.62. The van der Waals surface area contributed by atoms with Crippen LogP contribution in [0.4, 0.5) is 0 Å². The second-order valence-corrected chi connectivity index (χ2v) is 5.16. The summed E-state index contributed by atoms with van der Waals surface area (Å²) in [4.78, 5) is 12.9. The highest BCUT2D eigenvalue weighted by atomic mass is 16.5. The van der Waals surface area contributed by atoms with Crippen molar-refractivity contribution < 1.29 is 9.53 Å². The van der Waals surface area contributed by atoms with Crippen molar-refractivity contribution in [2.75, 3.05) is 6.61 Å². The molecule has 0 bridgehead atoms. The van der Waals surface area contributed by atoms with E-state index >= 15 is 0 Å². The number of ether oxygens (including phenoxy) is 1. The molecule has 0 unspecified atom stereocenters. The van der Waals surface area contributed by atoms with Crippen molar-refractivity contribution in [3.63, 3.8) is 0 Å². The fourth-order valence-electron chi connectivity index (χ4n) is 2.82. The van der Waals surface area contributed by atoms with Crippen LogP contribution in [0.5, 0.6) is 5.75 Å². The number of aromatic nitrogens is 2. The number of hydrogen-bond donors (Lipinski definition) is 0. The molecule has 2 aromatic heterocycles. The molecule has 0 fully saturated rings. The molecular weight excluding hydrogens is 264 g/mol. The summed E-state index contributed by atoms with van der Waals surface area (Å²) in [6.07, 6.45) is 5.43. The molecular formula is C17H14N2O2. The number of ketones is 1. The summed E-state index contributed by atoms with van der Waals surface area (Å²) in [7, 11) is 0. The molecule has 4 heteroatoms. The van der Waals surface area contributed by atoms with Gasteiger partial charge in [-0.25, -0.2) is 4.52 Å². The molecule has 1 aliphatic rings. The number of fused-ring (bicyclic) bond motifs is 2.